The number of aryl methyl sites for hydroxylation is 1. The number of nitrogens with zero attached hydrogens (tertiary/aromatic N) is 2. The molecule has 0 saturated heterocycles. The van der Waals surface area contributed by atoms with Crippen LogP contribution in [0.5, 0.6) is 0 Å². The molecule has 150 valence electrons. The van der Waals surface area contributed by atoms with Crippen molar-refractivity contribution in [3.05, 3.63) is 52.8 Å². The van der Waals surface area contributed by atoms with E-state index >= 15 is 0 Å². The number of carbonyl (C=O) groups is 1. The lowest BCUT2D eigenvalue weighted by atomic mass is 9.53. The summed E-state index contributed by atoms with van der Waals surface area (Å²) in [5.41, 5.74) is 4.83. The number of rotatable bonds is 5. The van der Waals surface area contributed by atoms with Gasteiger partial charge in [0.1, 0.15) is 0 Å². The van der Waals surface area contributed by atoms with Gasteiger partial charge in [0, 0.05) is 24.1 Å². The summed E-state index contributed by atoms with van der Waals surface area (Å²) in [6.07, 6.45) is 5.68. The monoisotopic (exact) mass is 379 g/mol. The largest absolute Gasteiger partial charge is 0.352 e. The third-order valence-corrected chi connectivity index (χ3v) is 7.28. The summed E-state index contributed by atoms with van der Waals surface area (Å²) < 4.78 is 2.02. The first-order chi connectivity index (χ1) is 13.5. The van der Waals surface area contributed by atoms with Crippen LogP contribution in [0.4, 0.5) is 0 Å². The zero-order chi connectivity index (χ0) is 19.8. The van der Waals surface area contributed by atoms with Crippen LogP contribution in [0.2, 0.25) is 0 Å². The van der Waals surface area contributed by atoms with E-state index in [-0.39, 0.29) is 18.0 Å². The van der Waals surface area contributed by atoms with Gasteiger partial charge in [-0.3, -0.25) is 9.48 Å². The molecule has 28 heavy (non-hydrogen) atoms. The van der Waals surface area contributed by atoms with Gasteiger partial charge in [-0.15, -0.1) is 0 Å². The van der Waals surface area contributed by atoms with Gasteiger partial charge in [0.05, 0.1) is 11.7 Å². The fraction of sp³-hybridized carbons (Fsp3) is 0.583. The van der Waals surface area contributed by atoms with Crippen LogP contribution in [0.15, 0.2) is 30.3 Å². The summed E-state index contributed by atoms with van der Waals surface area (Å²) in [4.78, 5) is 12.9. The Bertz CT molecular complexity index is 841. The van der Waals surface area contributed by atoms with E-state index in [1.54, 1.807) is 0 Å². The Morgan fingerprint density at radius 1 is 1.14 bits per heavy atom. The van der Waals surface area contributed by atoms with Crippen molar-refractivity contribution in [1.29, 1.82) is 0 Å². The fourth-order valence-electron chi connectivity index (χ4n) is 5.57. The number of benzene rings is 1. The predicted molar refractivity (Wildman–Crippen MR) is 112 cm³/mol. The lowest BCUT2D eigenvalue weighted by Gasteiger charge is -2.55. The van der Waals surface area contributed by atoms with Crippen LogP contribution in [0, 0.1) is 32.6 Å². The van der Waals surface area contributed by atoms with Crippen molar-refractivity contribution in [3.8, 4) is 0 Å². The Labute approximate surface area is 168 Å². The Balaban J connectivity index is 1.45. The molecule has 0 radical (unpaired) electrons. The molecule has 0 bridgehead atoms. The number of nitrogens with one attached hydrogen (secondary N) is 1. The molecule has 1 aromatic carbocycles. The molecule has 2 aliphatic rings. The van der Waals surface area contributed by atoms with Gasteiger partial charge < -0.3 is 5.32 Å². The van der Waals surface area contributed by atoms with Crippen molar-refractivity contribution in [2.75, 3.05) is 0 Å². The second kappa shape index (κ2) is 7.73. The van der Waals surface area contributed by atoms with E-state index in [4.69, 9.17) is 0 Å². The second-order valence-corrected chi connectivity index (χ2v) is 8.94. The smallest absolute Gasteiger partial charge is 0.222 e. The van der Waals surface area contributed by atoms with Crippen LogP contribution in [-0.4, -0.2) is 21.7 Å². The molecule has 1 heterocycles. The highest BCUT2D eigenvalue weighted by Crippen LogP contribution is 2.54. The molecule has 2 saturated carbocycles. The van der Waals surface area contributed by atoms with Gasteiger partial charge in [-0.2, -0.15) is 5.10 Å². The molecule has 2 aromatic rings. The summed E-state index contributed by atoms with van der Waals surface area (Å²) in [6.45, 7) is 8.32. The van der Waals surface area contributed by atoms with Crippen molar-refractivity contribution < 1.29 is 4.79 Å². The molecule has 0 aliphatic heterocycles. The van der Waals surface area contributed by atoms with E-state index in [9.17, 15) is 4.79 Å². The molecular weight excluding hydrogens is 346 g/mol. The number of carbonyl (C=O) groups excluding carboxylic acids is 1. The SMILES string of the molecule is Cc1nn([C@H](C)CC(=O)N[C@H]2[C@@H]3CCCC[C@H]3[C@@H]2c2ccccc2)c(C)c1C. The summed E-state index contributed by atoms with van der Waals surface area (Å²) >= 11 is 0. The van der Waals surface area contributed by atoms with Crippen LogP contribution >= 0.6 is 0 Å². The fourth-order valence-corrected chi connectivity index (χ4v) is 5.57. The highest BCUT2D eigenvalue weighted by molar-refractivity contribution is 5.77. The van der Waals surface area contributed by atoms with Crippen molar-refractivity contribution >= 4 is 5.91 Å². The van der Waals surface area contributed by atoms with Crippen molar-refractivity contribution in [1.82, 2.24) is 15.1 Å². The molecule has 2 fully saturated rings. The van der Waals surface area contributed by atoms with E-state index < -0.39 is 0 Å². The number of amides is 1. The molecule has 4 rings (SSSR count). The second-order valence-electron chi connectivity index (χ2n) is 8.94. The van der Waals surface area contributed by atoms with Crippen LogP contribution < -0.4 is 5.32 Å². The van der Waals surface area contributed by atoms with E-state index in [0.717, 1.165) is 17.3 Å². The number of aromatic nitrogens is 2. The minimum atomic E-state index is 0.0739. The summed E-state index contributed by atoms with van der Waals surface area (Å²) in [5.74, 6) is 2.01. The molecule has 4 heteroatoms. The van der Waals surface area contributed by atoms with Gasteiger partial charge in [0.25, 0.3) is 0 Å². The van der Waals surface area contributed by atoms with Gasteiger partial charge in [0.15, 0.2) is 0 Å². The average molecular weight is 380 g/mol. The number of hydrogen-bond donors (Lipinski definition) is 1. The zero-order valence-corrected chi connectivity index (χ0v) is 17.6. The normalized spacial score (nSPS) is 27.6. The van der Waals surface area contributed by atoms with Gasteiger partial charge in [-0.25, -0.2) is 0 Å². The third-order valence-electron chi connectivity index (χ3n) is 7.28. The molecule has 1 aromatic heterocycles. The van der Waals surface area contributed by atoms with Crippen LogP contribution in [0.1, 0.15) is 73.5 Å². The van der Waals surface area contributed by atoms with E-state index in [1.807, 2.05) is 11.6 Å². The number of fused-ring (bicyclic) bond motifs is 1. The van der Waals surface area contributed by atoms with Crippen LogP contribution in [0.3, 0.4) is 0 Å². The van der Waals surface area contributed by atoms with E-state index in [2.05, 4.69) is 61.5 Å². The average Bonchev–Trinajstić information content (AvgIpc) is 2.95. The molecule has 4 nitrogen and oxygen atoms in total. The molecule has 1 N–H and O–H groups in total. The molecule has 5 atom stereocenters. The van der Waals surface area contributed by atoms with Crippen molar-refractivity contribution in [2.45, 2.75) is 77.8 Å². The third kappa shape index (κ3) is 3.38. The van der Waals surface area contributed by atoms with Crippen LogP contribution in [-0.2, 0) is 4.79 Å². The first kappa shape index (κ1) is 19.2. The Morgan fingerprint density at radius 2 is 1.82 bits per heavy atom. The Morgan fingerprint density at radius 3 is 2.46 bits per heavy atom. The molecule has 2 aliphatic carbocycles. The Hall–Kier alpha value is -2.10. The Kier molecular flexibility index (Phi) is 5.31. The quantitative estimate of drug-likeness (QED) is 0.807. The summed E-state index contributed by atoms with van der Waals surface area (Å²) in [7, 11) is 0. The van der Waals surface area contributed by atoms with Crippen LogP contribution in [0.25, 0.3) is 0 Å². The first-order valence-corrected chi connectivity index (χ1v) is 10.8. The van der Waals surface area contributed by atoms with Gasteiger partial charge in [0.2, 0.25) is 5.91 Å². The maximum Gasteiger partial charge on any atom is 0.222 e. The van der Waals surface area contributed by atoms with Gasteiger partial charge in [-0.1, -0.05) is 43.2 Å². The summed E-state index contributed by atoms with van der Waals surface area (Å²) in [6, 6.07) is 11.1. The lowest BCUT2D eigenvalue weighted by Crippen LogP contribution is -2.59. The highest BCUT2D eigenvalue weighted by Gasteiger charge is 2.51. The first-order valence-electron chi connectivity index (χ1n) is 10.8. The highest BCUT2D eigenvalue weighted by atomic mass is 16.1. The molecule has 0 unspecified atom stereocenters. The lowest BCUT2D eigenvalue weighted by molar-refractivity contribution is -0.125. The van der Waals surface area contributed by atoms with E-state index in [0.29, 0.717) is 18.3 Å². The van der Waals surface area contributed by atoms with E-state index in [1.165, 1.54) is 36.8 Å². The molecule has 0 spiro atoms. The zero-order valence-electron chi connectivity index (χ0n) is 17.6. The van der Waals surface area contributed by atoms with Crippen molar-refractivity contribution in [2.24, 2.45) is 11.8 Å². The maximum absolute atomic E-state index is 12.9. The molecular formula is C24H33N3O. The predicted octanol–water partition coefficient (Wildman–Crippen LogP) is 4.85. The number of hydrogen-bond acceptors (Lipinski definition) is 2. The minimum absolute atomic E-state index is 0.0739. The topological polar surface area (TPSA) is 46.9 Å². The standard InChI is InChI=1S/C24H33N3O/c1-15(27-18(4)16(2)17(3)26-27)14-22(28)25-24-21-13-9-8-12-20(21)23(24)19-10-6-5-7-11-19/h5-7,10-11,15,20-21,23-24H,8-9,12-14H2,1-4H3,(H,25,28)/t15-,20-,21-,23+,24+/m1/s1. The van der Waals surface area contributed by atoms with Gasteiger partial charge >= 0.3 is 0 Å². The molecule has 1 amide bonds. The maximum atomic E-state index is 12.9. The van der Waals surface area contributed by atoms with Crippen molar-refractivity contribution in [3.63, 3.8) is 0 Å². The minimum Gasteiger partial charge on any atom is -0.352 e. The van der Waals surface area contributed by atoms with Gasteiger partial charge in [-0.05, 0) is 63.5 Å². The summed E-state index contributed by atoms with van der Waals surface area (Å²) in [5, 5.41) is 8.07.